The Kier molecular flexibility index (Phi) is 8.09. The first-order chi connectivity index (χ1) is 16.2. The Morgan fingerprint density at radius 3 is 2.38 bits per heavy atom. The quantitative estimate of drug-likeness (QED) is 0.428. The van der Waals surface area contributed by atoms with Crippen molar-refractivity contribution in [3.63, 3.8) is 0 Å². The van der Waals surface area contributed by atoms with Crippen LogP contribution in [0.4, 0.5) is 11.4 Å². The van der Waals surface area contributed by atoms with Crippen molar-refractivity contribution < 1.29 is 18.0 Å². The third kappa shape index (κ3) is 5.84. The van der Waals surface area contributed by atoms with E-state index < -0.39 is 28.4 Å². The van der Waals surface area contributed by atoms with Crippen molar-refractivity contribution in [1.82, 2.24) is 5.32 Å². The minimum Gasteiger partial charge on any atom is -0.349 e. The Morgan fingerprint density at radius 1 is 1.03 bits per heavy atom. The molecule has 7 nitrogen and oxygen atoms in total. The molecule has 2 amide bonds. The van der Waals surface area contributed by atoms with E-state index in [1.165, 1.54) is 12.1 Å². The highest BCUT2D eigenvalue weighted by atomic mass is 35.5. The van der Waals surface area contributed by atoms with Crippen LogP contribution in [0, 0.1) is 6.92 Å². The van der Waals surface area contributed by atoms with Crippen LogP contribution in [0.5, 0.6) is 0 Å². The summed E-state index contributed by atoms with van der Waals surface area (Å²) in [4.78, 5) is 25.5. The van der Waals surface area contributed by atoms with Crippen LogP contribution in [0.15, 0.2) is 90.3 Å². The number of nitrogens with one attached hydrogen (secondary N) is 2. The van der Waals surface area contributed by atoms with Gasteiger partial charge < -0.3 is 10.6 Å². The standard InChI is InChI=1S/C25H24ClN3O4S/c1-3-15-27-25(31)21-11-7-8-12-22(21)28-24(30)17-29(23-14-13-19(26)16-18(23)2)34(32,33)20-9-5-4-6-10-20/h3-14,16H,1,15,17H2,2H3,(H,27,31)(H,28,30). The lowest BCUT2D eigenvalue weighted by molar-refractivity contribution is -0.114. The molecule has 0 heterocycles. The predicted molar refractivity (Wildman–Crippen MR) is 135 cm³/mol. The molecule has 0 fully saturated rings. The smallest absolute Gasteiger partial charge is 0.264 e. The van der Waals surface area contributed by atoms with E-state index in [1.807, 2.05) is 0 Å². The van der Waals surface area contributed by atoms with Crippen LogP contribution >= 0.6 is 11.6 Å². The van der Waals surface area contributed by atoms with Crippen molar-refractivity contribution in [2.45, 2.75) is 11.8 Å². The molecule has 2 N–H and O–H groups in total. The number of para-hydroxylation sites is 1. The van der Waals surface area contributed by atoms with Gasteiger partial charge in [-0.3, -0.25) is 13.9 Å². The van der Waals surface area contributed by atoms with Crippen LogP contribution in [0.1, 0.15) is 15.9 Å². The van der Waals surface area contributed by atoms with Crippen molar-refractivity contribution in [2.75, 3.05) is 22.7 Å². The molecule has 0 saturated carbocycles. The van der Waals surface area contributed by atoms with Gasteiger partial charge >= 0.3 is 0 Å². The second-order valence-corrected chi connectivity index (χ2v) is 9.65. The molecule has 176 valence electrons. The monoisotopic (exact) mass is 497 g/mol. The fraction of sp³-hybridized carbons (Fsp3) is 0.120. The molecular formula is C25H24ClN3O4S. The van der Waals surface area contributed by atoms with Gasteiger partial charge in [0.25, 0.3) is 15.9 Å². The number of amides is 2. The summed E-state index contributed by atoms with van der Waals surface area (Å²) in [6.45, 7) is 5.03. The molecule has 9 heteroatoms. The Hall–Kier alpha value is -3.62. The zero-order valence-corrected chi connectivity index (χ0v) is 20.1. The maximum atomic E-state index is 13.5. The SMILES string of the molecule is C=CCNC(=O)c1ccccc1NC(=O)CN(c1ccc(Cl)cc1C)S(=O)(=O)c1ccccc1. The Morgan fingerprint density at radius 2 is 1.71 bits per heavy atom. The van der Waals surface area contributed by atoms with Gasteiger partial charge in [-0.1, -0.05) is 48.0 Å². The number of rotatable bonds is 9. The molecule has 0 aliphatic carbocycles. The number of sulfonamides is 1. The maximum absolute atomic E-state index is 13.5. The first-order valence-electron chi connectivity index (χ1n) is 10.4. The average molecular weight is 498 g/mol. The predicted octanol–water partition coefficient (Wildman–Crippen LogP) is 4.40. The third-order valence-electron chi connectivity index (χ3n) is 4.90. The summed E-state index contributed by atoms with van der Waals surface area (Å²) in [6, 6.07) is 19.1. The molecule has 0 unspecified atom stereocenters. The fourth-order valence-electron chi connectivity index (χ4n) is 3.29. The van der Waals surface area contributed by atoms with Gasteiger partial charge in [0.15, 0.2) is 0 Å². The summed E-state index contributed by atoms with van der Waals surface area (Å²) < 4.78 is 28.0. The second kappa shape index (κ2) is 11.0. The van der Waals surface area contributed by atoms with E-state index in [4.69, 9.17) is 11.6 Å². The fourth-order valence-corrected chi connectivity index (χ4v) is 5.02. The van der Waals surface area contributed by atoms with E-state index in [9.17, 15) is 18.0 Å². The lowest BCUT2D eigenvalue weighted by Gasteiger charge is -2.26. The summed E-state index contributed by atoms with van der Waals surface area (Å²) >= 11 is 6.06. The van der Waals surface area contributed by atoms with Crippen LogP contribution in [-0.2, 0) is 14.8 Å². The summed E-state index contributed by atoms with van der Waals surface area (Å²) in [5.41, 5.74) is 1.42. The lowest BCUT2D eigenvalue weighted by atomic mass is 10.1. The molecule has 0 aliphatic rings. The molecule has 0 radical (unpaired) electrons. The second-order valence-electron chi connectivity index (χ2n) is 7.35. The summed E-state index contributed by atoms with van der Waals surface area (Å²) in [5.74, 6) is -1.00. The zero-order chi connectivity index (χ0) is 24.7. The zero-order valence-electron chi connectivity index (χ0n) is 18.5. The van der Waals surface area contributed by atoms with Gasteiger partial charge in [0.05, 0.1) is 21.8 Å². The number of anilines is 2. The first-order valence-corrected chi connectivity index (χ1v) is 12.2. The van der Waals surface area contributed by atoms with E-state index >= 15 is 0 Å². The van der Waals surface area contributed by atoms with Gasteiger partial charge in [-0.25, -0.2) is 8.42 Å². The number of aryl methyl sites for hydroxylation is 1. The average Bonchev–Trinajstić information content (AvgIpc) is 2.82. The minimum absolute atomic E-state index is 0.0429. The van der Waals surface area contributed by atoms with Gasteiger partial charge in [-0.15, -0.1) is 6.58 Å². The molecule has 0 atom stereocenters. The number of carbonyl (C=O) groups excluding carboxylic acids is 2. The van der Waals surface area contributed by atoms with E-state index in [1.54, 1.807) is 73.7 Å². The molecular weight excluding hydrogens is 474 g/mol. The summed E-state index contributed by atoms with van der Waals surface area (Å²) in [7, 11) is -4.08. The largest absolute Gasteiger partial charge is 0.349 e. The van der Waals surface area contributed by atoms with Crippen LogP contribution < -0.4 is 14.9 Å². The van der Waals surface area contributed by atoms with Crippen LogP contribution in [0.3, 0.4) is 0 Å². The highest BCUT2D eigenvalue weighted by Crippen LogP contribution is 2.29. The van der Waals surface area contributed by atoms with Gasteiger partial charge in [0, 0.05) is 11.6 Å². The van der Waals surface area contributed by atoms with Crippen LogP contribution in [-0.4, -0.2) is 33.3 Å². The van der Waals surface area contributed by atoms with E-state index in [2.05, 4.69) is 17.2 Å². The maximum Gasteiger partial charge on any atom is 0.264 e. The van der Waals surface area contributed by atoms with E-state index in [0.717, 1.165) is 4.31 Å². The number of hydrogen-bond donors (Lipinski definition) is 2. The number of carbonyl (C=O) groups is 2. The van der Waals surface area contributed by atoms with Crippen molar-refractivity contribution >= 4 is 44.8 Å². The third-order valence-corrected chi connectivity index (χ3v) is 6.91. The molecule has 34 heavy (non-hydrogen) atoms. The molecule has 0 aliphatic heterocycles. The highest BCUT2D eigenvalue weighted by Gasteiger charge is 2.28. The van der Waals surface area contributed by atoms with Crippen LogP contribution in [0.2, 0.25) is 5.02 Å². The van der Waals surface area contributed by atoms with Crippen LogP contribution in [0.25, 0.3) is 0 Å². The Bertz CT molecular complexity index is 1310. The minimum atomic E-state index is -4.08. The Labute approximate surface area is 204 Å². The van der Waals surface area contributed by atoms with Crippen molar-refractivity contribution in [3.05, 3.63) is 102 Å². The topological polar surface area (TPSA) is 95.6 Å². The number of hydrogen-bond acceptors (Lipinski definition) is 4. The first kappa shape index (κ1) is 25.0. The molecule has 3 aromatic carbocycles. The Balaban J connectivity index is 1.95. The van der Waals surface area contributed by atoms with Gasteiger partial charge in [0.2, 0.25) is 5.91 Å². The lowest BCUT2D eigenvalue weighted by Crippen LogP contribution is -2.39. The number of halogens is 1. The molecule has 0 bridgehead atoms. The van der Waals surface area contributed by atoms with Crippen molar-refractivity contribution in [1.29, 1.82) is 0 Å². The molecule has 0 aromatic heterocycles. The normalized spacial score (nSPS) is 10.9. The molecule has 0 saturated heterocycles. The van der Waals surface area contributed by atoms with E-state index in [-0.39, 0.29) is 22.7 Å². The van der Waals surface area contributed by atoms with Crippen molar-refractivity contribution in [2.24, 2.45) is 0 Å². The molecule has 3 aromatic rings. The summed E-state index contributed by atoms with van der Waals surface area (Å²) in [6.07, 6.45) is 1.54. The highest BCUT2D eigenvalue weighted by molar-refractivity contribution is 7.92. The van der Waals surface area contributed by atoms with Gasteiger partial charge in [-0.05, 0) is 55.0 Å². The van der Waals surface area contributed by atoms with Gasteiger partial charge in [-0.2, -0.15) is 0 Å². The van der Waals surface area contributed by atoms with Gasteiger partial charge in [0.1, 0.15) is 6.54 Å². The van der Waals surface area contributed by atoms with E-state index in [0.29, 0.717) is 16.3 Å². The molecule has 3 rings (SSSR count). The number of benzene rings is 3. The molecule has 0 spiro atoms. The summed E-state index contributed by atoms with van der Waals surface area (Å²) in [5, 5.41) is 5.77. The number of nitrogens with zero attached hydrogens (tertiary/aromatic N) is 1. The van der Waals surface area contributed by atoms with Crippen molar-refractivity contribution in [3.8, 4) is 0 Å².